The molecular formula is C12H9ClN. The molecule has 0 bridgehead atoms. The van der Waals surface area contributed by atoms with Crippen LogP contribution in [0, 0.1) is 13.0 Å². The van der Waals surface area contributed by atoms with E-state index in [1.54, 1.807) is 0 Å². The van der Waals surface area contributed by atoms with Crippen LogP contribution in [0.5, 0.6) is 0 Å². The smallest absolute Gasteiger partial charge is 0.0708 e. The Morgan fingerprint density at radius 1 is 1.21 bits per heavy atom. The average Bonchev–Trinajstić information content (AvgIpc) is 2.21. The van der Waals surface area contributed by atoms with Gasteiger partial charge in [-0.2, -0.15) is 0 Å². The van der Waals surface area contributed by atoms with Gasteiger partial charge in [0.05, 0.1) is 5.69 Å². The van der Waals surface area contributed by atoms with E-state index in [0.29, 0.717) is 0 Å². The highest BCUT2D eigenvalue weighted by atomic mass is 35.5. The van der Waals surface area contributed by atoms with Crippen molar-refractivity contribution in [1.82, 2.24) is 4.98 Å². The molecule has 2 aromatic rings. The lowest BCUT2D eigenvalue weighted by molar-refractivity contribution is 1.26. The van der Waals surface area contributed by atoms with Gasteiger partial charge in [0.15, 0.2) is 0 Å². The second-order valence-corrected chi connectivity index (χ2v) is 3.56. The van der Waals surface area contributed by atoms with Crippen LogP contribution in [0.2, 0.25) is 5.02 Å². The second-order valence-electron chi connectivity index (χ2n) is 3.12. The third-order valence-corrected chi connectivity index (χ3v) is 2.23. The maximum atomic E-state index is 5.80. The molecule has 0 saturated carbocycles. The summed E-state index contributed by atoms with van der Waals surface area (Å²) in [6, 6.07) is 12.6. The highest BCUT2D eigenvalue weighted by molar-refractivity contribution is 6.30. The second kappa shape index (κ2) is 3.81. The molecular weight excluding hydrogens is 194 g/mol. The highest BCUT2D eigenvalue weighted by Gasteiger charge is 1.97. The topological polar surface area (TPSA) is 12.9 Å². The molecule has 2 rings (SSSR count). The number of hydrogen-bond acceptors (Lipinski definition) is 1. The van der Waals surface area contributed by atoms with Crippen molar-refractivity contribution in [2.24, 2.45) is 0 Å². The van der Waals surface area contributed by atoms with Crippen molar-refractivity contribution in [2.75, 3.05) is 0 Å². The van der Waals surface area contributed by atoms with Crippen LogP contribution in [-0.4, -0.2) is 4.98 Å². The van der Waals surface area contributed by atoms with Crippen molar-refractivity contribution in [2.45, 2.75) is 6.92 Å². The van der Waals surface area contributed by atoms with E-state index in [0.717, 1.165) is 21.8 Å². The summed E-state index contributed by atoms with van der Waals surface area (Å²) in [5.41, 5.74) is 3.03. The number of aryl methyl sites for hydroxylation is 1. The minimum absolute atomic E-state index is 0.741. The fourth-order valence-corrected chi connectivity index (χ4v) is 1.33. The summed E-state index contributed by atoms with van der Waals surface area (Å²) in [4.78, 5) is 4.30. The molecule has 0 aliphatic heterocycles. The molecule has 0 N–H and O–H groups in total. The molecule has 14 heavy (non-hydrogen) atoms. The van der Waals surface area contributed by atoms with E-state index in [1.165, 1.54) is 0 Å². The lowest BCUT2D eigenvalue weighted by Gasteiger charge is -2.00. The summed E-state index contributed by atoms with van der Waals surface area (Å²) < 4.78 is 0. The first-order valence-electron chi connectivity index (χ1n) is 4.36. The first-order chi connectivity index (χ1) is 6.75. The molecule has 2 heteroatoms. The van der Waals surface area contributed by atoms with Crippen LogP contribution in [0.4, 0.5) is 0 Å². The van der Waals surface area contributed by atoms with E-state index in [4.69, 9.17) is 11.6 Å². The van der Waals surface area contributed by atoms with Crippen LogP contribution in [0.1, 0.15) is 5.56 Å². The van der Waals surface area contributed by atoms with E-state index < -0.39 is 0 Å². The summed E-state index contributed by atoms with van der Waals surface area (Å²) in [5, 5.41) is 0.741. The first kappa shape index (κ1) is 9.22. The molecule has 0 spiro atoms. The fourth-order valence-electron chi connectivity index (χ4n) is 1.20. The van der Waals surface area contributed by atoms with Crippen molar-refractivity contribution in [3.8, 4) is 11.3 Å². The highest BCUT2D eigenvalue weighted by Crippen LogP contribution is 2.19. The third kappa shape index (κ3) is 1.94. The van der Waals surface area contributed by atoms with E-state index in [2.05, 4.69) is 11.1 Å². The van der Waals surface area contributed by atoms with E-state index in [-0.39, 0.29) is 0 Å². The molecule has 0 atom stereocenters. The van der Waals surface area contributed by atoms with E-state index in [1.807, 2.05) is 43.5 Å². The van der Waals surface area contributed by atoms with Gasteiger partial charge in [-0.1, -0.05) is 23.7 Å². The van der Waals surface area contributed by atoms with Gasteiger partial charge in [0, 0.05) is 16.8 Å². The Morgan fingerprint density at radius 2 is 1.93 bits per heavy atom. The third-order valence-electron chi connectivity index (χ3n) is 1.97. The van der Waals surface area contributed by atoms with Crippen LogP contribution in [0.15, 0.2) is 36.5 Å². The van der Waals surface area contributed by atoms with Gasteiger partial charge < -0.3 is 0 Å². The number of benzene rings is 1. The molecule has 0 fully saturated rings. The molecule has 1 aromatic carbocycles. The molecule has 1 radical (unpaired) electrons. The average molecular weight is 203 g/mol. The van der Waals surface area contributed by atoms with Crippen molar-refractivity contribution in [3.05, 3.63) is 53.2 Å². The molecule has 0 aliphatic rings. The Kier molecular flexibility index (Phi) is 2.51. The van der Waals surface area contributed by atoms with Crippen LogP contribution in [0.3, 0.4) is 0 Å². The van der Waals surface area contributed by atoms with Crippen LogP contribution in [0.25, 0.3) is 11.3 Å². The maximum Gasteiger partial charge on any atom is 0.0708 e. The SMILES string of the molecule is Cc1[c]cc(-c2ccc(Cl)cc2)nc1. The Morgan fingerprint density at radius 3 is 2.50 bits per heavy atom. The fraction of sp³-hybridized carbons (Fsp3) is 0.0833. The summed E-state index contributed by atoms with van der Waals surface area (Å²) >= 11 is 5.80. The summed E-state index contributed by atoms with van der Waals surface area (Å²) in [6.07, 6.45) is 1.81. The van der Waals surface area contributed by atoms with Gasteiger partial charge in [0.25, 0.3) is 0 Å². The van der Waals surface area contributed by atoms with Gasteiger partial charge in [-0.25, -0.2) is 0 Å². The largest absolute Gasteiger partial charge is 0.256 e. The quantitative estimate of drug-likeness (QED) is 0.690. The van der Waals surface area contributed by atoms with Crippen molar-refractivity contribution in [3.63, 3.8) is 0 Å². The Balaban J connectivity index is 2.40. The molecule has 1 nitrogen and oxygen atoms in total. The number of halogens is 1. The lowest BCUT2D eigenvalue weighted by atomic mass is 10.1. The zero-order chi connectivity index (χ0) is 9.97. The van der Waals surface area contributed by atoms with Gasteiger partial charge in [-0.3, -0.25) is 4.98 Å². The minimum atomic E-state index is 0.741. The van der Waals surface area contributed by atoms with Gasteiger partial charge in [-0.05, 0) is 36.8 Å². The zero-order valence-electron chi connectivity index (χ0n) is 7.79. The molecule has 0 unspecified atom stereocenters. The van der Waals surface area contributed by atoms with Gasteiger partial charge in [0.2, 0.25) is 0 Å². The Labute approximate surface area is 88.4 Å². The molecule has 0 saturated heterocycles. The Bertz CT molecular complexity index is 374. The molecule has 1 heterocycles. The zero-order valence-corrected chi connectivity index (χ0v) is 8.55. The van der Waals surface area contributed by atoms with E-state index in [9.17, 15) is 0 Å². The maximum absolute atomic E-state index is 5.80. The molecule has 0 aliphatic carbocycles. The van der Waals surface area contributed by atoms with E-state index >= 15 is 0 Å². The number of aromatic nitrogens is 1. The molecule has 0 amide bonds. The standard InChI is InChI=1S/C12H9ClN/c1-9-2-7-12(14-8-9)10-3-5-11(13)6-4-10/h3-8H,1H3. The summed E-state index contributed by atoms with van der Waals surface area (Å²) in [6.45, 7) is 1.97. The Hall–Kier alpha value is -1.34. The number of hydrogen-bond donors (Lipinski definition) is 0. The lowest BCUT2D eigenvalue weighted by Crippen LogP contribution is -1.83. The molecule has 69 valence electrons. The minimum Gasteiger partial charge on any atom is -0.256 e. The van der Waals surface area contributed by atoms with Gasteiger partial charge in [-0.15, -0.1) is 0 Å². The predicted octanol–water partition coefficient (Wildman–Crippen LogP) is 3.51. The van der Waals surface area contributed by atoms with Crippen LogP contribution < -0.4 is 0 Å². The van der Waals surface area contributed by atoms with Crippen LogP contribution in [-0.2, 0) is 0 Å². The normalized spacial score (nSPS) is 10.1. The van der Waals surface area contributed by atoms with Gasteiger partial charge >= 0.3 is 0 Å². The molecule has 1 aromatic heterocycles. The van der Waals surface area contributed by atoms with Crippen molar-refractivity contribution >= 4 is 11.6 Å². The van der Waals surface area contributed by atoms with Crippen molar-refractivity contribution in [1.29, 1.82) is 0 Å². The monoisotopic (exact) mass is 202 g/mol. The van der Waals surface area contributed by atoms with Crippen LogP contribution >= 0.6 is 11.6 Å². The predicted molar refractivity (Wildman–Crippen MR) is 58.3 cm³/mol. The van der Waals surface area contributed by atoms with Crippen molar-refractivity contribution < 1.29 is 0 Å². The first-order valence-corrected chi connectivity index (χ1v) is 4.74. The number of rotatable bonds is 1. The summed E-state index contributed by atoms with van der Waals surface area (Å²) in [5.74, 6) is 0. The van der Waals surface area contributed by atoms with Gasteiger partial charge in [0.1, 0.15) is 0 Å². The number of nitrogens with zero attached hydrogens (tertiary/aromatic N) is 1. The number of pyridine rings is 1. The summed E-state index contributed by atoms with van der Waals surface area (Å²) in [7, 11) is 0.